The van der Waals surface area contributed by atoms with Gasteiger partial charge in [0.25, 0.3) is 0 Å². The summed E-state index contributed by atoms with van der Waals surface area (Å²) in [4.78, 5) is 24.6. The van der Waals surface area contributed by atoms with E-state index in [9.17, 15) is 9.59 Å². The fourth-order valence-electron chi connectivity index (χ4n) is 1.28. The second kappa shape index (κ2) is 6.78. The first-order valence-electron chi connectivity index (χ1n) is 6.57. The van der Waals surface area contributed by atoms with Crippen LogP contribution in [0.3, 0.4) is 0 Å². The summed E-state index contributed by atoms with van der Waals surface area (Å²) in [5.74, 6) is -0.245. The van der Waals surface area contributed by atoms with Crippen LogP contribution in [0.5, 0.6) is 0 Å². The molecule has 5 nitrogen and oxygen atoms in total. The number of carbonyl (C=O) groups excluding carboxylic acids is 2. The number of ether oxygens (including phenoxy) is 2. The van der Waals surface area contributed by atoms with E-state index >= 15 is 0 Å². The average Bonchev–Trinajstić information content (AvgIpc) is 2.11. The standard InChI is InChI=1S/C14H27NO4/c1-13(2,3)18-11(16)9-8-10-15(7)12(17)19-14(4,5)6/h8-10H2,1-7H3. The molecule has 0 unspecified atom stereocenters. The lowest BCUT2D eigenvalue weighted by atomic mass is 10.2. The van der Waals surface area contributed by atoms with E-state index in [-0.39, 0.29) is 12.1 Å². The Hall–Kier alpha value is -1.26. The van der Waals surface area contributed by atoms with Crippen LogP contribution in [0.15, 0.2) is 0 Å². The molecule has 0 heterocycles. The van der Waals surface area contributed by atoms with Crippen LogP contribution < -0.4 is 0 Å². The number of rotatable bonds is 4. The number of nitrogens with zero attached hydrogens (tertiary/aromatic N) is 1. The molecule has 0 aromatic rings. The molecule has 0 N–H and O–H groups in total. The van der Waals surface area contributed by atoms with Crippen molar-refractivity contribution >= 4 is 12.1 Å². The van der Waals surface area contributed by atoms with Crippen molar-refractivity contribution in [2.24, 2.45) is 0 Å². The zero-order valence-electron chi connectivity index (χ0n) is 13.2. The Bertz CT molecular complexity index is 312. The van der Waals surface area contributed by atoms with Gasteiger partial charge in [-0.15, -0.1) is 0 Å². The van der Waals surface area contributed by atoms with E-state index in [1.807, 2.05) is 41.5 Å². The highest BCUT2D eigenvalue weighted by molar-refractivity contribution is 5.70. The molecule has 0 bridgehead atoms. The van der Waals surface area contributed by atoms with Crippen LogP contribution >= 0.6 is 0 Å². The van der Waals surface area contributed by atoms with Crippen LogP contribution in [0.4, 0.5) is 4.79 Å². The molecule has 0 aromatic carbocycles. The van der Waals surface area contributed by atoms with E-state index < -0.39 is 11.2 Å². The minimum absolute atomic E-state index is 0.245. The smallest absolute Gasteiger partial charge is 0.410 e. The van der Waals surface area contributed by atoms with E-state index in [1.54, 1.807) is 7.05 Å². The Labute approximate surface area is 116 Å². The molecular formula is C14H27NO4. The zero-order chi connectivity index (χ0) is 15.3. The summed E-state index contributed by atoms with van der Waals surface area (Å²) in [6.45, 7) is 11.4. The maximum atomic E-state index is 11.7. The van der Waals surface area contributed by atoms with E-state index in [0.29, 0.717) is 19.4 Å². The molecule has 0 fully saturated rings. The van der Waals surface area contributed by atoms with Crippen molar-refractivity contribution in [3.8, 4) is 0 Å². The van der Waals surface area contributed by atoms with Crippen LogP contribution in [-0.2, 0) is 14.3 Å². The third-order valence-corrected chi connectivity index (χ3v) is 2.00. The average molecular weight is 273 g/mol. The summed E-state index contributed by atoms with van der Waals surface area (Å²) in [7, 11) is 1.66. The molecule has 0 aliphatic rings. The molecule has 0 aliphatic heterocycles. The van der Waals surface area contributed by atoms with Gasteiger partial charge in [-0.1, -0.05) is 0 Å². The molecule has 0 atom stereocenters. The first-order chi connectivity index (χ1) is 8.41. The normalized spacial score (nSPS) is 11.9. The highest BCUT2D eigenvalue weighted by Crippen LogP contribution is 2.11. The minimum Gasteiger partial charge on any atom is -0.460 e. The van der Waals surface area contributed by atoms with E-state index in [2.05, 4.69) is 0 Å². The minimum atomic E-state index is -0.503. The summed E-state index contributed by atoms with van der Waals surface area (Å²) in [6.07, 6.45) is 0.478. The monoisotopic (exact) mass is 273 g/mol. The lowest BCUT2D eigenvalue weighted by molar-refractivity contribution is -0.155. The van der Waals surface area contributed by atoms with Crippen LogP contribution in [0.1, 0.15) is 54.4 Å². The second-order valence-electron chi connectivity index (χ2n) is 6.59. The van der Waals surface area contributed by atoms with Crippen LogP contribution in [-0.4, -0.2) is 41.8 Å². The number of amides is 1. The number of hydrogen-bond donors (Lipinski definition) is 0. The third kappa shape index (κ3) is 10.4. The Kier molecular flexibility index (Phi) is 6.33. The van der Waals surface area contributed by atoms with Gasteiger partial charge in [-0.2, -0.15) is 0 Å². The number of hydrogen-bond acceptors (Lipinski definition) is 4. The zero-order valence-corrected chi connectivity index (χ0v) is 13.2. The van der Waals surface area contributed by atoms with Gasteiger partial charge in [0.05, 0.1) is 0 Å². The van der Waals surface area contributed by atoms with Crippen molar-refractivity contribution in [1.82, 2.24) is 4.90 Å². The summed E-state index contributed by atoms with van der Waals surface area (Å²) >= 11 is 0. The lowest BCUT2D eigenvalue weighted by Crippen LogP contribution is -2.35. The molecule has 0 aliphatic carbocycles. The van der Waals surface area contributed by atoms with Gasteiger partial charge >= 0.3 is 12.1 Å². The fraction of sp³-hybridized carbons (Fsp3) is 0.857. The molecule has 0 saturated heterocycles. The Morgan fingerprint density at radius 1 is 0.947 bits per heavy atom. The van der Waals surface area contributed by atoms with Crippen LogP contribution in [0.2, 0.25) is 0 Å². The summed E-state index contributed by atoms with van der Waals surface area (Å²) < 4.78 is 10.4. The summed E-state index contributed by atoms with van der Waals surface area (Å²) in [5.41, 5.74) is -0.968. The van der Waals surface area contributed by atoms with Gasteiger partial charge in [0.1, 0.15) is 11.2 Å². The highest BCUT2D eigenvalue weighted by atomic mass is 16.6. The fourth-order valence-corrected chi connectivity index (χ4v) is 1.28. The first kappa shape index (κ1) is 17.7. The van der Waals surface area contributed by atoms with Gasteiger partial charge < -0.3 is 14.4 Å². The molecule has 0 spiro atoms. The van der Waals surface area contributed by atoms with Gasteiger partial charge in [0.2, 0.25) is 0 Å². The van der Waals surface area contributed by atoms with Gasteiger partial charge in [-0.3, -0.25) is 4.79 Å². The Morgan fingerprint density at radius 2 is 1.42 bits per heavy atom. The molecule has 0 aromatic heterocycles. The number of esters is 1. The van der Waals surface area contributed by atoms with E-state index in [0.717, 1.165) is 0 Å². The largest absolute Gasteiger partial charge is 0.460 e. The predicted octanol–water partition coefficient (Wildman–Crippen LogP) is 2.98. The van der Waals surface area contributed by atoms with Crippen LogP contribution in [0.25, 0.3) is 0 Å². The van der Waals surface area contributed by atoms with E-state index in [1.165, 1.54) is 4.90 Å². The van der Waals surface area contributed by atoms with Crippen molar-refractivity contribution in [2.45, 2.75) is 65.6 Å². The molecule has 0 radical (unpaired) electrons. The van der Waals surface area contributed by atoms with Gasteiger partial charge in [-0.05, 0) is 48.0 Å². The third-order valence-electron chi connectivity index (χ3n) is 2.00. The maximum absolute atomic E-state index is 11.7. The van der Waals surface area contributed by atoms with Gasteiger partial charge in [-0.25, -0.2) is 4.79 Å². The van der Waals surface area contributed by atoms with Crippen LogP contribution in [0, 0.1) is 0 Å². The molecular weight excluding hydrogens is 246 g/mol. The molecule has 112 valence electrons. The maximum Gasteiger partial charge on any atom is 0.410 e. The topological polar surface area (TPSA) is 55.8 Å². The van der Waals surface area contributed by atoms with Crippen molar-refractivity contribution in [2.75, 3.05) is 13.6 Å². The highest BCUT2D eigenvalue weighted by Gasteiger charge is 2.20. The molecule has 0 saturated carbocycles. The number of carbonyl (C=O) groups is 2. The Balaban J connectivity index is 3.95. The quantitative estimate of drug-likeness (QED) is 0.739. The SMILES string of the molecule is CN(CCCC(=O)OC(C)(C)C)C(=O)OC(C)(C)C. The molecule has 5 heteroatoms. The molecule has 19 heavy (non-hydrogen) atoms. The van der Waals surface area contributed by atoms with Crippen molar-refractivity contribution in [3.05, 3.63) is 0 Å². The second-order valence-corrected chi connectivity index (χ2v) is 6.59. The predicted molar refractivity (Wildman–Crippen MR) is 73.9 cm³/mol. The summed E-state index contributed by atoms with van der Waals surface area (Å²) in [5, 5.41) is 0. The lowest BCUT2D eigenvalue weighted by Gasteiger charge is -2.24. The molecule has 1 amide bonds. The summed E-state index contributed by atoms with van der Waals surface area (Å²) in [6, 6.07) is 0. The van der Waals surface area contributed by atoms with Crippen molar-refractivity contribution < 1.29 is 19.1 Å². The van der Waals surface area contributed by atoms with Crippen molar-refractivity contribution in [3.63, 3.8) is 0 Å². The first-order valence-corrected chi connectivity index (χ1v) is 6.57. The molecule has 0 rings (SSSR count). The van der Waals surface area contributed by atoms with Gasteiger partial charge in [0, 0.05) is 20.0 Å². The van der Waals surface area contributed by atoms with Crippen molar-refractivity contribution in [1.29, 1.82) is 0 Å². The van der Waals surface area contributed by atoms with E-state index in [4.69, 9.17) is 9.47 Å². The Morgan fingerprint density at radius 3 is 1.84 bits per heavy atom. The van der Waals surface area contributed by atoms with Gasteiger partial charge in [0.15, 0.2) is 0 Å².